The lowest BCUT2D eigenvalue weighted by atomic mass is 10.2. The molecule has 2 rings (SSSR count). The molecule has 0 atom stereocenters. The van der Waals surface area contributed by atoms with Crippen LogP contribution in [0, 0.1) is 0 Å². The summed E-state index contributed by atoms with van der Waals surface area (Å²) >= 11 is 11.9. The van der Waals surface area contributed by atoms with E-state index >= 15 is 0 Å². The number of carbonyl (C=O) groups is 2. The highest BCUT2D eigenvalue weighted by Gasteiger charge is 2.25. The van der Waals surface area contributed by atoms with E-state index in [0.717, 1.165) is 6.07 Å². The molecule has 29 heavy (non-hydrogen) atoms. The third-order valence-corrected chi connectivity index (χ3v) is 6.34. The quantitative estimate of drug-likeness (QED) is 0.479. The number of nitrogens with zero attached hydrogens (tertiary/aromatic N) is 1. The van der Waals surface area contributed by atoms with Crippen LogP contribution in [0.25, 0.3) is 0 Å². The van der Waals surface area contributed by atoms with Gasteiger partial charge in [-0.3, -0.25) is 9.63 Å². The molecule has 0 fully saturated rings. The Balaban J connectivity index is 2.01. The Bertz CT molecular complexity index is 1010. The molecule has 0 aliphatic rings. The van der Waals surface area contributed by atoms with Gasteiger partial charge in [-0.1, -0.05) is 45.9 Å². The van der Waals surface area contributed by atoms with Gasteiger partial charge >= 0.3 is 5.97 Å². The van der Waals surface area contributed by atoms with Gasteiger partial charge in [0.2, 0.25) is 0 Å². The molecule has 0 heterocycles. The maximum atomic E-state index is 12.4. The number of esters is 1. The van der Waals surface area contributed by atoms with E-state index in [1.165, 1.54) is 26.3 Å². The van der Waals surface area contributed by atoms with Crippen LogP contribution in [0.4, 0.5) is 0 Å². The molecule has 1 N–H and O–H groups in total. The second-order valence-electron chi connectivity index (χ2n) is 5.69. The highest BCUT2D eigenvalue weighted by molar-refractivity contribution is 7.89. The van der Waals surface area contributed by atoms with Gasteiger partial charge in [-0.05, 0) is 29.8 Å². The summed E-state index contributed by atoms with van der Waals surface area (Å²) < 4.78 is 30.3. The van der Waals surface area contributed by atoms with Crippen molar-refractivity contribution < 1.29 is 27.6 Å². The molecule has 0 unspecified atom stereocenters. The lowest BCUT2D eigenvalue weighted by molar-refractivity contribution is -0.124. The number of hydrogen-bond acceptors (Lipinski definition) is 6. The Morgan fingerprint density at radius 2 is 1.79 bits per heavy atom. The monoisotopic (exact) mass is 460 g/mol. The zero-order chi connectivity index (χ0) is 21.6. The SMILES string of the molecule is CON(C)S(=O)(=O)c1cc(C(=O)OCC(=O)NCc2ccccc2Cl)ccc1Cl. The van der Waals surface area contributed by atoms with Crippen LogP contribution in [-0.4, -0.2) is 45.5 Å². The maximum absolute atomic E-state index is 12.4. The van der Waals surface area contributed by atoms with Gasteiger partial charge in [-0.2, -0.15) is 0 Å². The van der Waals surface area contributed by atoms with Crippen LogP contribution in [0.2, 0.25) is 10.0 Å². The highest BCUT2D eigenvalue weighted by Crippen LogP contribution is 2.25. The minimum absolute atomic E-state index is 0.0867. The smallest absolute Gasteiger partial charge is 0.338 e. The highest BCUT2D eigenvalue weighted by atomic mass is 35.5. The van der Waals surface area contributed by atoms with Crippen LogP contribution < -0.4 is 5.32 Å². The van der Waals surface area contributed by atoms with E-state index < -0.39 is 28.5 Å². The number of halogens is 2. The summed E-state index contributed by atoms with van der Waals surface area (Å²) in [6, 6.07) is 10.6. The van der Waals surface area contributed by atoms with Crippen molar-refractivity contribution in [3.05, 3.63) is 63.6 Å². The molecule has 11 heteroatoms. The summed E-state index contributed by atoms with van der Waals surface area (Å²) in [4.78, 5) is 28.5. The molecule has 8 nitrogen and oxygen atoms in total. The molecule has 0 saturated carbocycles. The largest absolute Gasteiger partial charge is 0.452 e. The predicted octanol–water partition coefficient (Wildman–Crippen LogP) is 2.65. The van der Waals surface area contributed by atoms with E-state index in [0.29, 0.717) is 15.1 Å². The summed E-state index contributed by atoms with van der Waals surface area (Å²) in [7, 11) is -1.72. The predicted molar refractivity (Wildman–Crippen MR) is 107 cm³/mol. The van der Waals surface area contributed by atoms with Crippen molar-refractivity contribution in [2.75, 3.05) is 20.8 Å². The summed E-state index contributed by atoms with van der Waals surface area (Å²) in [5.74, 6) is -1.43. The van der Waals surface area contributed by atoms with Crippen molar-refractivity contribution in [2.24, 2.45) is 0 Å². The fraction of sp³-hybridized carbons (Fsp3) is 0.222. The third-order valence-electron chi connectivity index (χ3n) is 3.81. The number of nitrogens with one attached hydrogen (secondary N) is 1. The van der Waals surface area contributed by atoms with Crippen molar-refractivity contribution in [3.8, 4) is 0 Å². The van der Waals surface area contributed by atoms with Gasteiger partial charge in [0.25, 0.3) is 15.9 Å². The van der Waals surface area contributed by atoms with E-state index in [2.05, 4.69) is 10.2 Å². The van der Waals surface area contributed by atoms with Crippen molar-refractivity contribution >= 4 is 45.1 Å². The standard InChI is InChI=1S/C18H18Cl2N2O6S/c1-22(27-2)29(25,26)16-9-12(7-8-15(16)20)18(24)28-11-17(23)21-10-13-5-3-4-6-14(13)19/h3-9H,10-11H2,1-2H3,(H,21,23). The average Bonchev–Trinajstić information content (AvgIpc) is 2.70. The molecule has 0 radical (unpaired) electrons. The van der Waals surface area contributed by atoms with Gasteiger partial charge in [0.05, 0.1) is 17.7 Å². The molecule has 0 bridgehead atoms. The summed E-state index contributed by atoms with van der Waals surface area (Å²) in [5, 5.41) is 2.98. The lowest BCUT2D eigenvalue weighted by Gasteiger charge is -2.15. The Morgan fingerprint density at radius 3 is 2.45 bits per heavy atom. The zero-order valence-electron chi connectivity index (χ0n) is 15.5. The summed E-state index contributed by atoms with van der Waals surface area (Å²) in [6.45, 7) is -0.380. The van der Waals surface area contributed by atoms with Crippen molar-refractivity contribution in [1.82, 2.24) is 9.79 Å². The normalized spacial score (nSPS) is 11.3. The number of hydroxylamine groups is 1. The molecule has 0 aliphatic heterocycles. The average molecular weight is 461 g/mol. The van der Waals surface area contributed by atoms with Gasteiger partial charge in [0.1, 0.15) is 4.90 Å². The molecule has 156 valence electrons. The first-order valence-corrected chi connectivity index (χ1v) is 10.4. The molecule has 0 aromatic heterocycles. The lowest BCUT2D eigenvalue weighted by Crippen LogP contribution is -2.28. The fourth-order valence-corrected chi connectivity index (χ4v) is 3.84. The van der Waals surface area contributed by atoms with Crippen LogP contribution in [0.1, 0.15) is 15.9 Å². The number of hydrogen-bond donors (Lipinski definition) is 1. The molecule has 0 spiro atoms. The zero-order valence-corrected chi connectivity index (χ0v) is 17.8. The first-order valence-electron chi connectivity index (χ1n) is 8.16. The van der Waals surface area contributed by atoms with E-state index in [9.17, 15) is 18.0 Å². The van der Waals surface area contributed by atoms with E-state index in [-0.39, 0.29) is 22.0 Å². The molecule has 2 aromatic rings. The summed E-state index contributed by atoms with van der Waals surface area (Å²) in [5.41, 5.74) is 0.625. The molecular formula is C18H18Cl2N2O6S. The van der Waals surface area contributed by atoms with Crippen LogP contribution in [0.15, 0.2) is 47.4 Å². The van der Waals surface area contributed by atoms with Gasteiger partial charge in [0.15, 0.2) is 6.61 Å². The van der Waals surface area contributed by atoms with Crippen LogP contribution in [0.3, 0.4) is 0 Å². The van der Waals surface area contributed by atoms with Crippen molar-refractivity contribution in [1.29, 1.82) is 0 Å². The first kappa shape index (κ1) is 23.1. The minimum atomic E-state index is -4.07. The van der Waals surface area contributed by atoms with Crippen molar-refractivity contribution in [3.63, 3.8) is 0 Å². The first-order chi connectivity index (χ1) is 13.7. The Kier molecular flexibility index (Phi) is 8.00. The number of amides is 1. The molecule has 0 saturated heterocycles. The van der Waals surface area contributed by atoms with Gasteiger partial charge < -0.3 is 10.1 Å². The molecule has 2 aromatic carbocycles. The minimum Gasteiger partial charge on any atom is -0.452 e. The Morgan fingerprint density at radius 1 is 1.10 bits per heavy atom. The fourth-order valence-electron chi connectivity index (χ4n) is 2.17. The second-order valence-corrected chi connectivity index (χ2v) is 8.41. The van der Waals surface area contributed by atoms with Gasteiger partial charge in [-0.25, -0.2) is 13.2 Å². The van der Waals surface area contributed by atoms with E-state index in [1.807, 2.05) is 0 Å². The molecule has 0 aliphatic carbocycles. The number of ether oxygens (including phenoxy) is 1. The molecule has 1 amide bonds. The molecular weight excluding hydrogens is 443 g/mol. The second kappa shape index (κ2) is 10.0. The van der Waals surface area contributed by atoms with Crippen LogP contribution >= 0.6 is 23.2 Å². The number of carbonyl (C=O) groups excluding carboxylic acids is 2. The van der Waals surface area contributed by atoms with E-state index in [1.54, 1.807) is 24.3 Å². The third kappa shape index (κ3) is 5.91. The van der Waals surface area contributed by atoms with E-state index in [4.69, 9.17) is 27.9 Å². The maximum Gasteiger partial charge on any atom is 0.338 e. The number of sulfonamides is 1. The Hall–Kier alpha value is -2.17. The number of rotatable bonds is 8. The topological polar surface area (TPSA) is 102 Å². The Labute approximate surface area is 178 Å². The van der Waals surface area contributed by atoms with Crippen LogP contribution in [-0.2, 0) is 30.9 Å². The number of benzene rings is 2. The van der Waals surface area contributed by atoms with Gasteiger partial charge in [-0.15, -0.1) is 0 Å². The van der Waals surface area contributed by atoms with Crippen LogP contribution in [0.5, 0.6) is 0 Å². The van der Waals surface area contributed by atoms with Crippen molar-refractivity contribution in [2.45, 2.75) is 11.4 Å². The van der Waals surface area contributed by atoms with Gasteiger partial charge in [0, 0.05) is 18.6 Å². The summed E-state index contributed by atoms with van der Waals surface area (Å²) in [6.07, 6.45) is 0.